The first-order chi connectivity index (χ1) is 9.27. The highest BCUT2D eigenvalue weighted by Crippen LogP contribution is 2.30. The molecular formula is C17H24N2. The Morgan fingerprint density at radius 1 is 1.16 bits per heavy atom. The Hall–Kier alpha value is -1.41. The van der Waals surface area contributed by atoms with E-state index in [1.807, 2.05) is 12.4 Å². The Balaban J connectivity index is 2.43. The zero-order valence-corrected chi connectivity index (χ0v) is 12.2. The predicted molar refractivity (Wildman–Crippen MR) is 82.2 cm³/mol. The van der Waals surface area contributed by atoms with Gasteiger partial charge in [0.05, 0.1) is 0 Å². The molecule has 0 radical (unpaired) electrons. The van der Waals surface area contributed by atoms with Gasteiger partial charge in [0.2, 0.25) is 0 Å². The van der Waals surface area contributed by atoms with Crippen LogP contribution in [0.4, 0.5) is 0 Å². The minimum absolute atomic E-state index is 0.392. The Morgan fingerprint density at radius 3 is 2.68 bits per heavy atom. The molecule has 0 aliphatic heterocycles. The van der Waals surface area contributed by atoms with Gasteiger partial charge >= 0.3 is 0 Å². The van der Waals surface area contributed by atoms with Crippen LogP contribution in [0, 0.1) is 5.92 Å². The van der Waals surface area contributed by atoms with Crippen molar-refractivity contribution in [1.29, 1.82) is 0 Å². The lowest BCUT2D eigenvalue weighted by atomic mass is 9.89. The fraction of sp³-hybridized carbons (Fsp3) is 0.471. The molecule has 0 bridgehead atoms. The molecule has 0 fully saturated rings. The van der Waals surface area contributed by atoms with E-state index in [-0.39, 0.29) is 0 Å². The summed E-state index contributed by atoms with van der Waals surface area (Å²) < 4.78 is 0. The monoisotopic (exact) mass is 256 g/mol. The summed E-state index contributed by atoms with van der Waals surface area (Å²) in [5.41, 5.74) is 1.33. The molecule has 2 atom stereocenters. The van der Waals surface area contributed by atoms with Crippen molar-refractivity contribution in [3.63, 3.8) is 0 Å². The van der Waals surface area contributed by atoms with E-state index in [1.54, 1.807) is 0 Å². The highest BCUT2D eigenvalue weighted by Gasteiger charge is 2.19. The molecule has 2 aromatic rings. The van der Waals surface area contributed by atoms with Crippen molar-refractivity contribution in [2.24, 2.45) is 5.92 Å². The number of rotatable bonds is 6. The van der Waals surface area contributed by atoms with Gasteiger partial charge in [0.15, 0.2) is 0 Å². The summed E-state index contributed by atoms with van der Waals surface area (Å²) >= 11 is 0. The molecule has 2 rings (SSSR count). The summed E-state index contributed by atoms with van der Waals surface area (Å²) in [4.78, 5) is 4.42. The second-order valence-electron chi connectivity index (χ2n) is 5.25. The van der Waals surface area contributed by atoms with Crippen LogP contribution >= 0.6 is 0 Å². The molecule has 1 N–H and O–H groups in total. The third-order valence-electron chi connectivity index (χ3n) is 3.77. The van der Waals surface area contributed by atoms with Gasteiger partial charge in [-0.15, -0.1) is 0 Å². The van der Waals surface area contributed by atoms with Crippen LogP contribution in [0.25, 0.3) is 10.8 Å². The molecule has 0 spiro atoms. The molecule has 1 heterocycles. The second-order valence-corrected chi connectivity index (χ2v) is 5.25. The van der Waals surface area contributed by atoms with Crippen LogP contribution in [0.3, 0.4) is 0 Å². The van der Waals surface area contributed by atoms with Crippen LogP contribution in [-0.2, 0) is 0 Å². The molecule has 0 saturated carbocycles. The number of hydrogen-bond acceptors (Lipinski definition) is 2. The van der Waals surface area contributed by atoms with Crippen molar-refractivity contribution in [1.82, 2.24) is 10.3 Å². The van der Waals surface area contributed by atoms with Crippen LogP contribution in [-0.4, -0.2) is 11.5 Å². The lowest BCUT2D eigenvalue weighted by molar-refractivity contribution is 0.370. The highest BCUT2D eigenvalue weighted by atomic mass is 14.9. The number of benzene rings is 1. The topological polar surface area (TPSA) is 24.9 Å². The Morgan fingerprint density at radius 2 is 1.95 bits per heavy atom. The summed E-state index contributed by atoms with van der Waals surface area (Å²) in [6.45, 7) is 7.74. The van der Waals surface area contributed by atoms with Crippen LogP contribution in [0.1, 0.15) is 45.2 Å². The minimum atomic E-state index is 0.392. The fourth-order valence-electron chi connectivity index (χ4n) is 2.85. The summed E-state index contributed by atoms with van der Waals surface area (Å²) in [5, 5.41) is 6.19. The summed E-state index contributed by atoms with van der Waals surface area (Å²) in [6, 6.07) is 8.92. The van der Waals surface area contributed by atoms with Crippen molar-refractivity contribution in [3.8, 4) is 0 Å². The molecule has 0 aliphatic carbocycles. The molecule has 19 heavy (non-hydrogen) atoms. The molecule has 0 aliphatic rings. The molecule has 2 unspecified atom stereocenters. The van der Waals surface area contributed by atoms with Gasteiger partial charge in [-0.05, 0) is 29.8 Å². The van der Waals surface area contributed by atoms with Gasteiger partial charge in [0.25, 0.3) is 0 Å². The lowest BCUT2D eigenvalue weighted by Gasteiger charge is -2.26. The van der Waals surface area contributed by atoms with Crippen LogP contribution in [0.5, 0.6) is 0 Å². The normalized spacial score (nSPS) is 14.5. The molecule has 0 saturated heterocycles. The summed E-state index contributed by atoms with van der Waals surface area (Å²) in [7, 11) is 0. The van der Waals surface area contributed by atoms with E-state index in [4.69, 9.17) is 0 Å². The average molecular weight is 256 g/mol. The SMILES string of the molecule is CCCC(C)C(NCC)c1cncc2ccccc12. The van der Waals surface area contributed by atoms with Crippen molar-refractivity contribution in [2.75, 3.05) is 6.54 Å². The number of nitrogens with one attached hydrogen (secondary N) is 1. The first-order valence-electron chi connectivity index (χ1n) is 7.34. The van der Waals surface area contributed by atoms with Gasteiger partial charge in [0, 0.05) is 23.8 Å². The minimum Gasteiger partial charge on any atom is -0.310 e. The maximum absolute atomic E-state index is 4.42. The van der Waals surface area contributed by atoms with E-state index < -0.39 is 0 Å². The summed E-state index contributed by atoms with van der Waals surface area (Å²) in [6.07, 6.45) is 6.44. The zero-order valence-electron chi connectivity index (χ0n) is 12.2. The first-order valence-corrected chi connectivity index (χ1v) is 7.34. The molecule has 1 aromatic carbocycles. The molecule has 2 nitrogen and oxygen atoms in total. The van der Waals surface area contributed by atoms with Gasteiger partial charge < -0.3 is 5.32 Å². The molecular weight excluding hydrogens is 232 g/mol. The molecule has 0 amide bonds. The standard InChI is InChI=1S/C17H24N2/c1-4-8-13(3)17(19-5-2)16-12-18-11-14-9-6-7-10-15(14)16/h6-7,9-13,17,19H,4-5,8H2,1-3H3. The van der Waals surface area contributed by atoms with Gasteiger partial charge in [-0.1, -0.05) is 51.5 Å². The molecule has 102 valence electrons. The second kappa shape index (κ2) is 6.67. The van der Waals surface area contributed by atoms with Crippen molar-refractivity contribution in [2.45, 2.75) is 39.7 Å². The third-order valence-corrected chi connectivity index (χ3v) is 3.77. The number of nitrogens with zero attached hydrogens (tertiary/aromatic N) is 1. The van der Waals surface area contributed by atoms with E-state index >= 15 is 0 Å². The van der Waals surface area contributed by atoms with Crippen molar-refractivity contribution < 1.29 is 0 Å². The van der Waals surface area contributed by atoms with Gasteiger partial charge in [-0.2, -0.15) is 0 Å². The van der Waals surface area contributed by atoms with Crippen LogP contribution in [0.2, 0.25) is 0 Å². The van der Waals surface area contributed by atoms with E-state index in [1.165, 1.54) is 29.2 Å². The third kappa shape index (κ3) is 3.13. The Labute approximate surface area is 116 Å². The van der Waals surface area contributed by atoms with Crippen molar-refractivity contribution >= 4 is 10.8 Å². The maximum atomic E-state index is 4.42. The quantitative estimate of drug-likeness (QED) is 0.832. The maximum Gasteiger partial charge on any atom is 0.0367 e. The van der Waals surface area contributed by atoms with Crippen molar-refractivity contribution in [3.05, 3.63) is 42.2 Å². The van der Waals surface area contributed by atoms with E-state index in [9.17, 15) is 0 Å². The van der Waals surface area contributed by atoms with Gasteiger partial charge in [0.1, 0.15) is 0 Å². The Kier molecular flexibility index (Phi) is 4.92. The smallest absolute Gasteiger partial charge is 0.0367 e. The van der Waals surface area contributed by atoms with E-state index in [2.05, 4.69) is 55.3 Å². The van der Waals surface area contributed by atoms with Crippen LogP contribution < -0.4 is 5.32 Å². The Bertz CT molecular complexity index is 516. The summed E-state index contributed by atoms with van der Waals surface area (Å²) in [5.74, 6) is 0.623. The predicted octanol–water partition coefficient (Wildman–Crippen LogP) is 4.32. The van der Waals surface area contributed by atoms with Gasteiger partial charge in [-0.3, -0.25) is 4.98 Å². The first kappa shape index (κ1) is 14.0. The number of fused-ring (bicyclic) bond motifs is 1. The highest BCUT2D eigenvalue weighted by molar-refractivity contribution is 5.85. The van der Waals surface area contributed by atoms with Crippen LogP contribution in [0.15, 0.2) is 36.7 Å². The van der Waals surface area contributed by atoms with E-state index in [0.717, 1.165) is 6.54 Å². The molecule has 2 heteroatoms. The van der Waals surface area contributed by atoms with Gasteiger partial charge in [-0.25, -0.2) is 0 Å². The number of aromatic nitrogens is 1. The lowest BCUT2D eigenvalue weighted by Crippen LogP contribution is -2.27. The zero-order chi connectivity index (χ0) is 13.7. The number of pyridine rings is 1. The average Bonchev–Trinajstić information content (AvgIpc) is 2.44. The fourth-order valence-corrected chi connectivity index (χ4v) is 2.85. The molecule has 1 aromatic heterocycles. The largest absolute Gasteiger partial charge is 0.310 e. The number of hydrogen-bond donors (Lipinski definition) is 1. The van der Waals surface area contributed by atoms with E-state index in [0.29, 0.717) is 12.0 Å².